The van der Waals surface area contributed by atoms with E-state index in [4.69, 9.17) is 9.26 Å². The molecule has 0 aliphatic rings. The molecule has 7 heteroatoms. The summed E-state index contributed by atoms with van der Waals surface area (Å²) in [5.41, 5.74) is 2.38. The molecule has 0 unspecified atom stereocenters. The van der Waals surface area contributed by atoms with Gasteiger partial charge in [-0.25, -0.2) is 0 Å². The van der Waals surface area contributed by atoms with Crippen molar-refractivity contribution >= 4 is 5.65 Å². The number of hydrogen-bond acceptors (Lipinski definition) is 6. The lowest BCUT2D eigenvalue weighted by Crippen LogP contribution is -1.94. The van der Waals surface area contributed by atoms with E-state index in [1.807, 2.05) is 60.8 Å². The van der Waals surface area contributed by atoms with Gasteiger partial charge in [0, 0.05) is 11.8 Å². The van der Waals surface area contributed by atoms with E-state index in [1.165, 1.54) is 0 Å². The van der Waals surface area contributed by atoms with Gasteiger partial charge in [-0.05, 0) is 38.1 Å². The Kier molecular flexibility index (Phi) is 3.45. The molecule has 3 heterocycles. The van der Waals surface area contributed by atoms with Crippen LogP contribution in [0, 0.1) is 6.92 Å². The van der Waals surface area contributed by atoms with E-state index in [-0.39, 0.29) is 0 Å². The summed E-state index contributed by atoms with van der Waals surface area (Å²) in [4.78, 5) is 4.50. The quantitative estimate of drug-likeness (QED) is 0.574. The van der Waals surface area contributed by atoms with Gasteiger partial charge in [-0.1, -0.05) is 17.3 Å². The molecule has 0 amide bonds. The predicted molar refractivity (Wildman–Crippen MR) is 87.6 cm³/mol. The van der Waals surface area contributed by atoms with Crippen LogP contribution >= 0.6 is 0 Å². The Morgan fingerprint density at radius 1 is 1.12 bits per heavy atom. The van der Waals surface area contributed by atoms with Crippen LogP contribution in [0.25, 0.3) is 28.5 Å². The molecule has 120 valence electrons. The maximum absolute atomic E-state index is 5.62. The summed E-state index contributed by atoms with van der Waals surface area (Å²) in [6.45, 7) is 4.40. The van der Waals surface area contributed by atoms with Crippen molar-refractivity contribution in [2.24, 2.45) is 0 Å². The van der Waals surface area contributed by atoms with E-state index in [0.717, 1.165) is 28.3 Å². The Morgan fingerprint density at radius 3 is 2.88 bits per heavy atom. The van der Waals surface area contributed by atoms with E-state index in [9.17, 15) is 0 Å². The maximum Gasteiger partial charge on any atom is 0.262 e. The van der Waals surface area contributed by atoms with Gasteiger partial charge >= 0.3 is 0 Å². The maximum atomic E-state index is 5.62. The molecule has 7 nitrogen and oxygen atoms in total. The number of benzene rings is 1. The first-order chi connectivity index (χ1) is 11.8. The summed E-state index contributed by atoms with van der Waals surface area (Å²) >= 11 is 0. The molecule has 0 saturated carbocycles. The number of rotatable bonds is 4. The van der Waals surface area contributed by atoms with Crippen molar-refractivity contribution in [2.75, 3.05) is 6.61 Å². The van der Waals surface area contributed by atoms with Crippen LogP contribution in [0.5, 0.6) is 5.75 Å². The van der Waals surface area contributed by atoms with Crippen molar-refractivity contribution in [3.8, 4) is 28.6 Å². The monoisotopic (exact) mass is 321 g/mol. The minimum absolute atomic E-state index is 0.426. The second-order valence-electron chi connectivity index (χ2n) is 5.25. The lowest BCUT2D eigenvalue weighted by molar-refractivity contribution is 0.339. The molecule has 24 heavy (non-hydrogen) atoms. The molecule has 0 atom stereocenters. The molecule has 0 saturated heterocycles. The minimum atomic E-state index is 0.426. The average Bonchev–Trinajstić information content (AvgIpc) is 3.23. The van der Waals surface area contributed by atoms with Crippen LogP contribution < -0.4 is 4.74 Å². The molecular weight excluding hydrogens is 306 g/mol. The Labute approximate surface area is 137 Å². The Hall–Kier alpha value is -3.22. The molecule has 4 rings (SSSR count). The van der Waals surface area contributed by atoms with Crippen LogP contribution in [0.3, 0.4) is 0 Å². The second kappa shape index (κ2) is 5.77. The standard InChI is InChI=1S/C17H15N5O2/c1-3-23-14-7-5-4-6-13(14)17-18-16(21-24-17)12-8-9-15-20-19-11(2)22(15)10-12/h4-10H,3H2,1-2H3. The zero-order chi connectivity index (χ0) is 16.5. The summed E-state index contributed by atoms with van der Waals surface area (Å²) in [6.07, 6.45) is 1.90. The Morgan fingerprint density at radius 2 is 2.00 bits per heavy atom. The first kappa shape index (κ1) is 14.4. The van der Waals surface area contributed by atoms with Crippen molar-refractivity contribution in [2.45, 2.75) is 13.8 Å². The summed E-state index contributed by atoms with van der Waals surface area (Å²) < 4.78 is 12.9. The Balaban J connectivity index is 1.75. The number of pyridine rings is 1. The normalized spacial score (nSPS) is 11.1. The van der Waals surface area contributed by atoms with Crippen molar-refractivity contribution < 1.29 is 9.26 Å². The van der Waals surface area contributed by atoms with Crippen LogP contribution in [0.4, 0.5) is 0 Å². The van der Waals surface area contributed by atoms with Crippen LogP contribution in [-0.4, -0.2) is 31.3 Å². The first-order valence-corrected chi connectivity index (χ1v) is 7.64. The molecule has 0 spiro atoms. The third kappa shape index (κ3) is 2.40. The zero-order valence-corrected chi connectivity index (χ0v) is 13.3. The van der Waals surface area contributed by atoms with Gasteiger partial charge in [0.05, 0.1) is 12.2 Å². The fourth-order valence-corrected chi connectivity index (χ4v) is 2.51. The summed E-state index contributed by atoms with van der Waals surface area (Å²) in [5, 5.41) is 12.2. The van der Waals surface area contributed by atoms with Crippen LogP contribution in [0.2, 0.25) is 0 Å². The fraction of sp³-hybridized carbons (Fsp3) is 0.176. The molecular formula is C17H15N5O2. The molecule has 3 aromatic heterocycles. The minimum Gasteiger partial charge on any atom is -0.493 e. The molecule has 1 aromatic carbocycles. The molecule has 0 bridgehead atoms. The number of para-hydroxylation sites is 1. The summed E-state index contributed by atoms with van der Waals surface area (Å²) in [5.74, 6) is 2.46. The smallest absolute Gasteiger partial charge is 0.262 e. The van der Waals surface area contributed by atoms with Crippen molar-refractivity contribution in [1.82, 2.24) is 24.7 Å². The lowest BCUT2D eigenvalue weighted by Gasteiger charge is -2.05. The highest BCUT2D eigenvalue weighted by Crippen LogP contribution is 2.30. The fourth-order valence-electron chi connectivity index (χ4n) is 2.51. The Bertz CT molecular complexity index is 1010. The number of aryl methyl sites for hydroxylation is 1. The van der Waals surface area contributed by atoms with Crippen LogP contribution in [0.1, 0.15) is 12.7 Å². The van der Waals surface area contributed by atoms with E-state index in [2.05, 4.69) is 20.3 Å². The highest BCUT2D eigenvalue weighted by atomic mass is 16.5. The van der Waals surface area contributed by atoms with Crippen molar-refractivity contribution in [3.05, 3.63) is 48.4 Å². The molecule has 4 aromatic rings. The molecule has 0 aliphatic heterocycles. The van der Waals surface area contributed by atoms with Gasteiger partial charge in [0.15, 0.2) is 5.65 Å². The number of aromatic nitrogens is 5. The molecule has 0 fully saturated rings. The van der Waals surface area contributed by atoms with Gasteiger partial charge in [-0.2, -0.15) is 4.98 Å². The number of fused-ring (bicyclic) bond motifs is 1. The second-order valence-corrected chi connectivity index (χ2v) is 5.25. The SMILES string of the molecule is CCOc1ccccc1-c1nc(-c2ccc3nnc(C)n3c2)no1. The largest absolute Gasteiger partial charge is 0.493 e. The van der Waals surface area contributed by atoms with Gasteiger partial charge in [-0.3, -0.25) is 4.40 Å². The first-order valence-electron chi connectivity index (χ1n) is 7.64. The van der Waals surface area contributed by atoms with Gasteiger partial charge in [-0.15, -0.1) is 10.2 Å². The third-order valence-corrected chi connectivity index (χ3v) is 3.67. The highest BCUT2D eigenvalue weighted by molar-refractivity contribution is 5.65. The van der Waals surface area contributed by atoms with Crippen molar-refractivity contribution in [1.29, 1.82) is 0 Å². The van der Waals surface area contributed by atoms with Gasteiger partial charge < -0.3 is 9.26 Å². The zero-order valence-electron chi connectivity index (χ0n) is 13.3. The molecule has 0 aliphatic carbocycles. The number of nitrogens with zero attached hydrogens (tertiary/aromatic N) is 5. The van der Waals surface area contributed by atoms with E-state index >= 15 is 0 Å². The lowest BCUT2D eigenvalue weighted by atomic mass is 10.2. The number of hydrogen-bond donors (Lipinski definition) is 0. The average molecular weight is 321 g/mol. The summed E-state index contributed by atoms with van der Waals surface area (Å²) in [7, 11) is 0. The van der Waals surface area contributed by atoms with Crippen LogP contribution in [0.15, 0.2) is 47.1 Å². The summed E-state index contributed by atoms with van der Waals surface area (Å²) in [6, 6.07) is 11.4. The van der Waals surface area contributed by atoms with Gasteiger partial charge in [0.25, 0.3) is 5.89 Å². The van der Waals surface area contributed by atoms with Gasteiger partial charge in [0.1, 0.15) is 11.6 Å². The predicted octanol–water partition coefficient (Wildman–Crippen LogP) is 3.15. The topological polar surface area (TPSA) is 78.3 Å². The number of ether oxygens (including phenoxy) is 1. The van der Waals surface area contributed by atoms with E-state index in [0.29, 0.717) is 18.3 Å². The third-order valence-electron chi connectivity index (χ3n) is 3.67. The highest BCUT2D eigenvalue weighted by Gasteiger charge is 2.15. The van der Waals surface area contributed by atoms with Gasteiger partial charge in [0.2, 0.25) is 5.82 Å². The molecule has 0 N–H and O–H groups in total. The molecule has 0 radical (unpaired) electrons. The van der Waals surface area contributed by atoms with Crippen molar-refractivity contribution in [3.63, 3.8) is 0 Å². The van der Waals surface area contributed by atoms with E-state index < -0.39 is 0 Å². The van der Waals surface area contributed by atoms with E-state index in [1.54, 1.807) is 0 Å². The van der Waals surface area contributed by atoms with Crippen LogP contribution in [-0.2, 0) is 0 Å².